The lowest BCUT2D eigenvalue weighted by atomic mass is 10.1. The first-order valence-electron chi connectivity index (χ1n) is 6.65. The SMILES string of the molecule is Cc1ccc(N)c(S(=O)(=O)NCCc2ccn(C)n2)c1C. The Kier molecular flexibility index (Phi) is 4.34. The van der Waals surface area contributed by atoms with E-state index in [0.29, 0.717) is 12.0 Å². The van der Waals surface area contributed by atoms with E-state index in [0.717, 1.165) is 11.3 Å². The molecule has 0 unspecified atom stereocenters. The zero-order valence-corrected chi connectivity index (χ0v) is 13.2. The van der Waals surface area contributed by atoms with E-state index in [-0.39, 0.29) is 17.1 Å². The Labute approximate surface area is 125 Å². The maximum atomic E-state index is 12.4. The third-order valence-electron chi connectivity index (χ3n) is 3.42. The van der Waals surface area contributed by atoms with Crippen LogP contribution in [0.1, 0.15) is 16.8 Å². The number of anilines is 1. The molecule has 21 heavy (non-hydrogen) atoms. The molecule has 0 spiro atoms. The molecule has 0 atom stereocenters. The summed E-state index contributed by atoms with van der Waals surface area (Å²) in [5.41, 5.74) is 8.51. The third kappa shape index (κ3) is 3.43. The number of aryl methyl sites for hydroxylation is 2. The number of benzene rings is 1. The minimum Gasteiger partial charge on any atom is -0.398 e. The Morgan fingerprint density at radius 1 is 1.29 bits per heavy atom. The maximum Gasteiger partial charge on any atom is 0.242 e. The summed E-state index contributed by atoms with van der Waals surface area (Å²) in [5, 5.41) is 4.21. The van der Waals surface area contributed by atoms with Crippen molar-refractivity contribution in [3.63, 3.8) is 0 Å². The zero-order valence-electron chi connectivity index (χ0n) is 12.4. The fraction of sp³-hybridized carbons (Fsp3) is 0.357. The van der Waals surface area contributed by atoms with Crippen molar-refractivity contribution >= 4 is 15.7 Å². The van der Waals surface area contributed by atoms with E-state index < -0.39 is 10.0 Å². The smallest absolute Gasteiger partial charge is 0.242 e. The molecule has 3 N–H and O–H groups in total. The second kappa shape index (κ2) is 5.87. The Balaban J connectivity index is 2.14. The molecule has 2 aromatic rings. The zero-order chi connectivity index (χ0) is 15.6. The highest BCUT2D eigenvalue weighted by atomic mass is 32.2. The number of sulfonamides is 1. The number of nitrogens with zero attached hydrogens (tertiary/aromatic N) is 2. The molecule has 6 nitrogen and oxygen atoms in total. The lowest BCUT2D eigenvalue weighted by molar-refractivity contribution is 0.580. The summed E-state index contributed by atoms with van der Waals surface area (Å²) >= 11 is 0. The van der Waals surface area contributed by atoms with Crippen LogP contribution < -0.4 is 10.5 Å². The molecule has 114 valence electrons. The molecule has 7 heteroatoms. The average Bonchev–Trinajstić information content (AvgIpc) is 2.80. The fourth-order valence-corrected chi connectivity index (χ4v) is 3.61. The first-order chi connectivity index (χ1) is 9.81. The van der Waals surface area contributed by atoms with Gasteiger partial charge in [-0.25, -0.2) is 13.1 Å². The molecule has 0 bridgehead atoms. The van der Waals surface area contributed by atoms with Gasteiger partial charge in [-0.3, -0.25) is 4.68 Å². The monoisotopic (exact) mass is 308 g/mol. The minimum atomic E-state index is -3.62. The van der Waals surface area contributed by atoms with Gasteiger partial charge in [0.1, 0.15) is 4.90 Å². The van der Waals surface area contributed by atoms with E-state index in [9.17, 15) is 8.42 Å². The van der Waals surface area contributed by atoms with Crippen LogP contribution in [-0.2, 0) is 23.5 Å². The first-order valence-corrected chi connectivity index (χ1v) is 8.13. The normalized spacial score (nSPS) is 11.8. The number of hydrogen-bond donors (Lipinski definition) is 2. The molecule has 0 aliphatic carbocycles. The fourth-order valence-electron chi connectivity index (χ4n) is 2.15. The van der Waals surface area contributed by atoms with Crippen LogP contribution in [0.3, 0.4) is 0 Å². The molecular formula is C14H20N4O2S. The van der Waals surface area contributed by atoms with Crippen LogP contribution in [0.25, 0.3) is 0 Å². The highest BCUT2D eigenvalue weighted by Gasteiger charge is 2.20. The summed E-state index contributed by atoms with van der Waals surface area (Å²) in [6, 6.07) is 5.30. The van der Waals surface area contributed by atoms with Crippen molar-refractivity contribution in [3.05, 3.63) is 41.2 Å². The number of hydrogen-bond acceptors (Lipinski definition) is 4. The van der Waals surface area contributed by atoms with Crippen LogP contribution in [0.15, 0.2) is 29.3 Å². The number of nitrogen functional groups attached to an aromatic ring is 1. The minimum absolute atomic E-state index is 0.170. The molecule has 0 saturated heterocycles. The van der Waals surface area contributed by atoms with E-state index in [1.165, 1.54) is 0 Å². The quantitative estimate of drug-likeness (QED) is 0.811. The van der Waals surface area contributed by atoms with Crippen LogP contribution >= 0.6 is 0 Å². The molecule has 2 rings (SSSR count). The van der Waals surface area contributed by atoms with Crippen LogP contribution in [0.2, 0.25) is 0 Å². The van der Waals surface area contributed by atoms with Crippen molar-refractivity contribution < 1.29 is 8.42 Å². The predicted octanol–water partition coefficient (Wildman–Crippen LogP) is 1.14. The van der Waals surface area contributed by atoms with Crippen molar-refractivity contribution in [1.82, 2.24) is 14.5 Å². The molecule has 0 radical (unpaired) electrons. The van der Waals surface area contributed by atoms with E-state index in [4.69, 9.17) is 5.73 Å². The van der Waals surface area contributed by atoms with Gasteiger partial charge in [0.25, 0.3) is 0 Å². The molecule has 0 aliphatic rings. The highest BCUT2D eigenvalue weighted by molar-refractivity contribution is 7.89. The van der Waals surface area contributed by atoms with Gasteiger partial charge in [0.2, 0.25) is 10.0 Å². The van der Waals surface area contributed by atoms with Crippen LogP contribution in [0.5, 0.6) is 0 Å². The highest BCUT2D eigenvalue weighted by Crippen LogP contribution is 2.24. The van der Waals surface area contributed by atoms with Crippen molar-refractivity contribution in [1.29, 1.82) is 0 Å². The number of rotatable bonds is 5. The summed E-state index contributed by atoms with van der Waals surface area (Å²) < 4.78 is 29.1. The lowest BCUT2D eigenvalue weighted by Crippen LogP contribution is -2.27. The second-order valence-electron chi connectivity index (χ2n) is 5.05. The molecule has 1 heterocycles. The van der Waals surface area contributed by atoms with Gasteiger partial charge in [-0.05, 0) is 37.1 Å². The van der Waals surface area contributed by atoms with Crippen molar-refractivity contribution in [2.75, 3.05) is 12.3 Å². The Bertz CT molecular complexity index is 750. The lowest BCUT2D eigenvalue weighted by Gasteiger charge is -2.13. The summed E-state index contributed by atoms with van der Waals surface area (Å²) in [4.78, 5) is 0.170. The molecule has 0 aliphatic heterocycles. The summed E-state index contributed by atoms with van der Waals surface area (Å²) in [7, 11) is -1.79. The molecule has 1 aromatic carbocycles. The summed E-state index contributed by atoms with van der Waals surface area (Å²) in [5.74, 6) is 0. The molecule has 0 amide bonds. The number of aromatic nitrogens is 2. The first kappa shape index (κ1) is 15.5. The van der Waals surface area contributed by atoms with Crippen molar-refractivity contribution in [3.8, 4) is 0 Å². The van der Waals surface area contributed by atoms with Gasteiger partial charge in [0.15, 0.2) is 0 Å². The van der Waals surface area contributed by atoms with E-state index in [1.54, 1.807) is 17.7 Å². The maximum absolute atomic E-state index is 12.4. The summed E-state index contributed by atoms with van der Waals surface area (Å²) in [6.45, 7) is 3.91. The average molecular weight is 308 g/mol. The Hall–Kier alpha value is -1.86. The van der Waals surface area contributed by atoms with Gasteiger partial charge in [-0.1, -0.05) is 6.07 Å². The topological polar surface area (TPSA) is 90.0 Å². The largest absolute Gasteiger partial charge is 0.398 e. The van der Waals surface area contributed by atoms with Crippen LogP contribution in [-0.4, -0.2) is 24.7 Å². The van der Waals surface area contributed by atoms with E-state index >= 15 is 0 Å². The molecule has 0 fully saturated rings. The summed E-state index contributed by atoms with van der Waals surface area (Å²) in [6.07, 6.45) is 2.36. The van der Waals surface area contributed by atoms with Gasteiger partial charge >= 0.3 is 0 Å². The third-order valence-corrected chi connectivity index (χ3v) is 5.08. The van der Waals surface area contributed by atoms with Crippen molar-refractivity contribution in [2.45, 2.75) is 25.2 Å². The molecule has 1 aromatic heterocycles. The van der Waals surface area contributed by atoms with E-state index in [2.05, 4.69) is 9.82 Å². The van der Waals surface area contributed by atoms with Crippen LogP contribution in [0, 0.1) is 13.8 Å². The molecular weight excluding hydrogens is 288 g/mol. The van der Waals surface area contributed by atoms with Gasteiger partial charge in [0, 0.05) is 26.2 Å². The number of nitrogens with one attached hydrogen (secondary N) is 1. The second-order valence-corrected chi connectivity index (χ2v) is 6.76. The van der Waals surface area contributed by atoms with Gasteiger partial charge in [0.05, 0.1) is 11.4 Å². The van der Waals surface area contributed by atoms with Gasteiger partial charge in [-0.15, -0.1) is 0 Å². The Morgan fingerprint density at radius 2 is 2.00 bits per heavy atom. The number of nitrogens with two attached hydrogens (primary N) is 1. The predicted molar refractivity (Wildman–Crippen MR) is 82.4 cm³/mol. The van der Waals surface area contributed by atoms with E-state index in [1.807, 2.05) is 32.3 Å². The van der Waals surface area contributed by atoms with Crippen molar-refractivity contribution in [2.24, 2.45) is 7.05 Å². The van der Waals surface area contributed by atoms with Gasteiger partial charge < -0.3 is 5.73 Å². The van der Waals surface area contributed by atoms with Crippen LogP contribution in [0.4, 0.5) is 5.69 Å². The van der Waals surface area contributed by atoms with Gasteiger partial charge in [-0.2, -0.15) is 5.10 Å². The molecule has 0 saturated carbocycles. The standard InChI is InChI=1S/C14H20N4O2S/c1-10-4-5-13(15)14(11(10)2)21(19,20)16-8-6-12-7-9-18(3)17-12/h4-5,7,9,16H,6,8,15H2,1-3H3. The Morgan fingerprint density at radius 3 is 2.62 bits per heavy atom.